The van der Waals surface area contributed by atoms with E-state index < -0.39 is 33.7 Å². The van der Waals surface area contributed by atoms with E-state index in [9.17, 15) is 27.1 Å². The van der Waals surface area contributed by atoms with Crippen molar-refractivity contribution in [3.05, 3.63) is 59.8 Å². The number of carbonyl (C=O) groups excluding carboxylic acids is 1. The van der Waals surface area contributed by atoms with Crippen LogP contribution in [0.1, 0.15) is 23.2 Å². The average molecular weight is 435 g/mol. The first-order valence-electron chi connectivity index (χ1n) is 9.31. The highest BCUT2D eigenvalue weighted by molar-refractivity contribution is 7.89. The summed E-state index contributed by atoms with van der Waals surface area (Å²) in [6.45, 7) is 0.366. The van der Waals surface area contributed by atoms with Gasteiger partial charge in [-0.3, -0.25) is 4.79 Å². The number of rotatable bonds is 4. The Morgan fingerprint density at radius 2 is 1.83 bits per heavy atom. The zero-order valence-corrected chi connectivity index (χ0v) is 16.5. The van der Waals surface area contributed by atoms with Crippen LogP contribution in [-0.4, -0.2) is 47.9 Å². The van der Waals surface area contributed by atoms with Crippen molar-refractivity contribution in [3.63, 3.8) is 0 Å². The smallest absolute Gasteiger partial charge is 0.256 e. The standard InChI is InChI=1S/C20H19F2N3O4S/c21-17-2-1-12(9-18(17)22)24-20(27)16-10-14(11-19-15(16)3-6-23-19)30(28,29)25-7-4-13(26)5-8-25/h1-3,6,9-11,13,23,26H,4-5,7-8H2,(H,24,27). The van der Waals surface area contributed by atoms with Gasteiger partial charge in [0.05, 0.1) is 16.6 Å². The molecule has 1 aliphatic heterocycles. The van der Waals surface area contributed by atoms with E-state index >= 15 is 0 Å². The Labute approximate surface area is 171 Å². The van der Waals surface area contributed by atoms with Crippen molar-refractivity contribution in [2.45, 2.75) is 23.8 Å². The van der Waals surface area contributed by atoms with Crippen molar-refractivity contribution in [2.24, 2.45) is 0 Å². The number of H-pyrrole nitrogens is 1. The summed E-state index contributed by atoms with van der Waals surface area (Å²) < 4.78 is 54.0. The van der Waals surface area contributed by atoms with Gasteiger partial charge in [-0.25, -0.2) is 17.2 Å². The molecule has 1 aliphatic rings. The molecular formula is C20H19F2N3O4S. The molecule has 1 fully saturated rings. The fourth-order valence-corrected chi connectivity index (χ4v) is 5.00. The molecule has 2 aromatic carbocycles. The van der Waals surface area contributed by atoms with Crippen LogP contribution in [0.3, 0.4) is 0 Å². The first kappa shape index (κ1) is 20.5. The average Bonchev–Trinajstić information content (AvgIpc) is 3.19. The molecule has 10 heteroatoms. The summed E-state index contributed by atoms with van der Waals surface area (Å²) in [6.07, 6.45) is 1.73. The fourth-order valence-electron chi connectivity index (χ4n) is 3.48. The molecular weight excluding hydrogens is 416 g/mol. The topological polar surface area (TPSA) is 102 Å². The minimum absolute atomic E-state index is 0.0425. The van der Waals surface area contributed by atoms with Gasteiger partial charge >= 0.3 is 0 Å². The zero-order valence-electron chi connectivity index (χ0n) is 15.7. The number of aromatic nitrogens is 1. The lowest BCUT2D eigenvalue weighted by molar-refractivity contribution is 0.102. The number of aliphatic hydroxyl groups is 1. The number of aromatic amines is 1. The number of aliphatic hydroxyl groups excluding tert-OH is 1. The number of piperidine rings is 1. The minimum atomic E-state index is -3.88. The van der Waals surface area contributed by atoms with Crippen LogP contribution >= 0.6 is 0 Å². The quantitative estimate of drug-likeness (QED) is 0.586. The van der Waals surface area contributed by atoms with Crippen LogP contribution in [0.15, 0.2) is 47.5 Å². The number of hydrogen-bond donors (Lipinski definition) is 3. The summed E-state index contributed by atoms with van der Waals surface area (Å²) >= 11 is 0. The van der Waals surface area contributed by atoms with Crippen LogP contribution in [0.5, 0.6) is 0 Å². The van der Waals surface area contributed by atoms with Gasteiger partial charge in [-0.1, -0.05) is 0 Å². The molecule has 158 valence electrons. The van der Waals surface area contributed by atoms with Gasteiger partial charge in [0.2, 0.25) is 10.0 Å². The van der Waals surface area contributed by atoms with Crippen LogP contribution in [0.25, 0.3) is 10.9 Å². The van der Waals surface area contributed by atoms with Crippen LogP contribution in [0, 0.1) is 11.6 Å². The summed E-state index contributed by atoms with van der Waals surface area (Å²) in [6, 6.07) is 7.30. The van der Waals surface area contributed by atoms with Crippen molar-refractivity contribution < 1.29 is 27.1 Å². The van der Waals surface area contributed by atoms with E-state index in [-0.39, 0.29) is 29.2 Å². The molecule has 1 saturated heterocycles. The molecule has 3 N–H and O–H groups in total. The Balaban J connectivity index is 1.70. The summed E-state index contributed by atoms with van der Waals surface area (Å²) in [5, 5.41) is 12.6. The number of nitrogens with zero attached hydrogens (tertiary/aromatic N) is 1. The van der Waals surface area contributed by atoms with Gasteiger partial charge in [0.25, 0.3) is 5.91 Å². The maximum atomic E-state index is 13.5. The predicted octanol–water partition coefficient (Wildman–Crippen LogP) is 2.84. The van der Waals surface area contributed by atoms with Crippen LogP contribution in [-0.2, 0) is 10.0 Å². The van der Waals surface area contributed by atoms with Crippen molar-refractivity contribution in [2.75, 3.05) is 18.4 Å². The molecule has 0 bridgehead atoms. The number of halogens is 2. The number of amides is 1. The number of sulfonamides is 1. The van der Waals surface area contributed by atoms with E-state index in [1.54, 1.807) is 12.3 Å². The molecule has 1 amide bonds. The van der Waals surface area contributed by atoms with Crippen molar-refractivity contribution in [3.8, 4) is 0 Å². The van der Waals surface area contributed by atoms with Crippen LogP contribution < -0.4 is 5.32 Å². The van der Waals surface area contributed by atoms with E-state index in [0.29, 0.717) is 23.7 Å². The van der Waals surface area contributed by atoms with Gasteiger partial charge in [-0.15, -0.1) is 0 Å². The summed E-state index contributed by atoms with van der Waals surface area (Å²) in [7, 11) is -3.88. The number of carbonyl (C=O) groups is 1. The summed E-state index contributed by atoms with van der Waals surface area (Å²) in [5.41, 5.74) is 0.568. The molecule has 2 heterocycles. The molecule has 0 saturated carbocycles. The van der Waals surface area contributed by atoms with Crippen LogP contribution in [0.2, 0.25) is 0 Å². The number of fused-ring (bicyclic) bond motifs is 1. The number of nitrogens with one attached hydrogen (secondary N) is 2. The number of hydrogen-bond acceptors (Lipinski definition) is 4. The third kappa shape index (κ3) is 3.81. The second-order valence-corrected chi connectivity index (χ2v) is 9.07. The Morgan fingerprint density at radius 3 is 2.53 bits per heavy atom. The summed E-state index contributed by atoms with van der Waals surface area (Å²) in [5.74, 6) is -2.80. The Morgan fingerprint density at radius 1 is 1.10 bits per heavy atom. The maximum Gasteiger partial charge on any atom is 0.256 e. The molecule has 4 rings (SSSR count). The lowest BCUT2D eigenvalue weighted by atomic mass is 10.1. The fraction of sp³-hybridized carbons (Fsp3) is 0.250. The van der Waals surface area contributed by atoms with E-state index in [2.05, 4.69) is 10.3 Å². The second kappa shape index (κ2) is 7.78. The number of anilines is 1. The van der Waals surface area contributed by atoms with Gasteiger partial charge in [-0.05, 0) is 43.2 Å². The van der Waals surface area contributed by atoms with E-state index in [1.165, 1.54) is 22.5 Å². The molecule has 0 aliphatic carbocycles. The van der Waals surface area contributed by atoms with Gasteiger partial charge < -0.3 is 15.4 Å². The minimum Gasteiger partial charge on any atom is -0.393 e. The predicted molar refractivity (Wildman–Crippen MR) is 107 cm³/mol. The number of benzene rings is 2. The third-order valence-electron chi connectivity index (χ3n) is 5.13. The molecule has 0 spiro atoms. The molecule has 1 aromatic heterocycles. The Hall–Kier alpha value is -2.82. The van der Waals surface area contributed by atoms with Crippen molar-refractivity contribution >= 4 is 32.5 Å². The van der Waals surface area contributed by atoms with Gasteiger partial charge in [0, 0.05) is 41.9 Å². The molecule has 0 radical (unpaired) electrons. The van der Waals surface area contributed by atoms with E-state index in [4.69, 9.17) is 0 Å². The molecule has 0 unspecified atom stereocenters. The molecule has 0 atom stereocenters. The molecule has 3 aromatic rings. The van der Waals surface area contributed by atoms with Crippen LogP contribution in [0.4, 0.5) is 14.5 Å². The van der Waals surface area contributed by atoms with Gasteiger partial charge in [-0.2, -0.15) is 4.31 Å². The normalized spacial score (nSPS) is 16.1. The highest BCUT2D eigenvalue weighted by Gasteiger charge is 2.30. The summed E-state index contributed by atoms with van der Waals surface area (Å²) in [4.78, 5) is 15.7. The van der Waals surface area contributed by atoms with Crippen molar-refractivity contribution in [1.82, 2.24) is 9.29 Å². The molecule has 7 nitrogen and oxygen atoms in total. The first-order valence-corrected chi connectivity index (χ1v) is 10.8. The Bertz CT molecular complexity index is 1220. The van der Waals surface area contributed by atoms with Crippen molar-refractivity contribution in [1.29, 1.82) is 0 Å². The first-order chi connectivity index (χ1) is 14.3. The second-order valence-electron chi connectivity index (χ2n) is 7.13. The monoisotopic (exact) mass is 435 g/mol. The third-order valence-corrected chi connectivity index (χ3v) is 7.00. The van der Waals surface area contributed by atoms with E-state index in [0.717, 1.165) is 12.1 Å². The SMILES string of the molecule is O=C(Nc1ccc(F)c(F)c1)c1cc(S(=O)(=O)N2CCC(O)CC2)cc2[nH]ccc12. The maximum absolute atomic E-state index is 13.5. The highest BCUT2D eigenvalue weighted by atomic mass is 32.2. The zero-order chi connectivity index (χ0) is 21.5. The highest BCUT2D eigenvalue weighted by Crippen LogP contribution is 2.28. The lowest BCUT2D eigenvalue weighted by Gasteiger charge is -2.28. The largest absolute Gasteiger partial charge is 0.393 e. The van der Waals surface area contributed by atoms with Gasteiger partial charge in [0.15, 0.2) is 11.6 Å². The van der Waals surface area contributed by atoms with E-state index in [1.807, 2.05) is 0 Å². The van der Waals surface area contributed by atoms with Gasteiger partial charge in [0.1, 0.15) is 0 Å². The molecule has 30 heavy (non-hydrogen) atoms. The lowest BCUT2D eigenvalue weighted by Crippen LogP contribution is -2.40. The Kier molecular flexibility index (Phi) is 5.31.